The van der Waals surface area contributed by atoms with E-state index in [1.54, 1.807) is 6.20 Å². The molecule has 168 valence electrons. The fraction of sp³-hybridized carbons (Fsp3) is 0.250. The van der Waals surface area contributed by atoms with Crippen molar-refractivity contribution in [1.29, 1.82) is 0 Å². The smallest absolute Gasteiger partial charge is 0.271 e. The number of hydrogen-bond donors (Lipinski definition) is 2. The first-order chi connectivity index (χ1) is 15.2. The molecule has 0 radical (unpaired) electrons. The minimum atomic E-state index is -2.98. The van der Waals surface area contributed by atoms with E-state index in [2.05, 4.69) is 15.2 Å². The van der Waals surface area contributed by atoms with Crippen molar-refractivity contribution < 1.29 is 23.0 Å². The Labute approximate surface area is 189 Å². The van der Waals surface area contributed by atoms with Gasteiger partial charge in [-0.15, -0.1) is 10.2 Å². The number of alkyl halides is 2. The number of aliphatic hydroxyl groups excluding tert-OH is 1. The van der Waals surface area contributed by atoms with Crippen molar-refractivity contribution in [1.82, 2.24) is 19.6 Å². The lowest BCUT2D eigenvalue weighted by Gasteiger charge is -2.12. The molecular formula is C20H17ClF3N5O2S. The van der Waals surface area contributed by atoms with Crippen LogP contribution in [0.1, 0.15) is 12.5 Å². The second-order valence-electron chi connectivity index (χ2n) is 7.13. The van der Waals surface area contributed by atoms with Crippen molar-refractivity contribution in [3.63, 3.8) is 0 Å². The van der Waals surface area contributed by atoms with Crippen molar-refractivity contribution >= 4 is 28.6 Å². The van der Waals surface area contributed by atoms with Crippen LogP contribution in [0.5, 0.6) is 5.75 Å². The van der Waals surface area contributed by atoms with Crippen LogP contribution in [0.2, 0.25) is 5.02 Å². The first-order valence-electron chi connectivity index (χ1n) is 9.35. The second-order valence-corrected chi connectivity index (χ2v) is 8.51. The molecule has 3 aromatic heterocycles. The van der Waals surface area contributed by atoms with Crippen LogP contribution in [0.3, 0.4) is 0 Å². The molecule has 0 aliphatic carbocycles. The lowest BCUT2D eigenvalue weighted by Crippen LogP contribution is -2.31. The Balaban J connectivity index is 1.62. The van der Waals surface area contributed by atoms with E-state index in [0.717, 1.165) is 18.3 Å². The molecule has 0 saturated carbocycles. The van der Waals surface area contributed by atoms with Crippen molar-refractivity contribution in [3.05, 3.63) is 53.1 Å². The number of pyridine rings is 1. The zero-order valence-corrected chi connectivity index (χ0v) is 18.2. The molecule has 1 unspecified atom stereocenters. The van der Waals surface area contributed by atoms with E-state index >= 15 is 0 Å². The van der Waals surface area contributed by atoms with Gasteiger partial charge in [-0.3, -0.25) is 0 Å². The number of halogens is 4. The minimum Gasteiger partial charge on any atom is -0.489 e. The van der Waals surface area contributed by atoms with E-state index in [1.165, 1.54) is 34.9 Å². The third-order valence-electron chi connectivity index (χ3n) is 4.54. The molecule has 3 heterocycles. The number of imidazole rings is 1. The van der Waals surface area contributed by atoms with E-state index in [4.69, 9.17) is 27.2 Å². The third kappa shape index (κ3) is 4.56. The van der Waals surface area contributed by atoms with E-state index < -0.39 is 17.8 Å². The Hall–Kier alpha value is -2.73. The van der Waals surface area contributed by atoms with Gasteiger partial charge in [-0.25, -0.2) is 18.2 Å². The normalized spacial score (nSPS) is 13.0. The molecule has 0 saturated heterocycles. The molecule has 4 rings (SSSR count). The van der Waals surface area contributed by atoms with E-state index in [9.17, 15) is 13.2 Å². The summed E-state index contributed by atoms with van der Waals surface area (Å²) in [4.78, 5) is 4.38. The van der Waals surface area contributed by atoms with Crippen LogP contribution in [0, 0.1) is 5.82 Å². The Kier molecular flexibility index (Phi) is 6.08. The molecule has 0 aliphatic rings. The zero-order chi connectivity index (χ0) is 23.0. The summed E-state index contributed by atoms with van der Waals surface area (Å²) in [6.45, 7) is 0.446. The quantitative estimate of drug-likeness (QED) is 0.410. The van der Waals surface area contributed by atoms with Crippen LogP contribution in [-0.4, -0.2) is 43.9 Å². The number of benzene rings is 1. The van der Waals surface area contributed by atoms with Crippen LogP contribution in [0.25, 0.3) is 26.9 Å². The van der Waals surface area contributed by atoms with Crippen LogP contribution in [0.4, 0.5) is 13.2 Å². The summed E-state index contributed by atoms with van der Waals surface area (Å²) < 4.78 is 48.4. The van der Waals surface area contributed by atoms with Gasteiger partial charge in [0.15, 0.2) is 16.6 Å². The van der Waals surface area contributed by atoms with Crippen molar-refractivity contribution in [2.75, 3.05) is 13.2 Å². The lowest BCUT2D eigenvalue weighted by molar-refractivity contribution is 0.0170. The van der Waals surface area contributed by atoms with Crippen LogP contribution >= 0.6 is 22.9 Å². The summed E-state index contributed by atoms with van der Waals surface area (Å²) in [6, 6.07) is 4.63. The van der Waals surface area contributed by atoms with Gasteiger partial charge >= 0.3 is 0 Å². The number of ether oxygens (including phenoxy) is 1. The summed E-state index contributed by atoms with van der Waals surface area (Å²) in [5.41, 5.74) is 6.62. The number of aromatic nitrogens is 4. The maximum atomic E-state index is 14.5. The van der Waals surface area contributed by atoms with Crippen molar-refractivity contribution in [3.8, 4) is 27.0 Å². The largest absolute Gasteiger partial charge is 0.489 e. The monoisotopic (exact) mass is 483 g/mol. The maximum absolute atomic E-state index is 14.5. The Bertz CT molecular complexity index is 1270. The van der Waals surface area contributed by atoms with Gasteiger partial charge in [0.2, 0.25) is 0 Å². The molecule has 3 N–H and O–H groups in total. The highest BCUT2D eigenvalue weighted by atomic mass is 35.5. The lowest BCUT2D eigenvalue weighted by atomic mass is 10.2. The molecule has 7 nitrogen and oxygen atoms in total. The molecule has 12 heteroatoms. The van der Waals surface area contributed by atoms with E-state index in [1.807, 2.05) is 0 Å². The summed E-state index contributed by atoms with van der Waals surface area (Å²) in [7, 11) is 0. The summed E-state index contributed by atoms with van der Waals surface area (Å²) in [5.74, 6) is -3.75. The van der Waals surface area contributed by atoms with Gasteiger partial charge in [-0.1, -0.05) is 22.9 Å². The maximum Gasteiger partial charge on any atom is 0.271 e. The van der Waals surface area contributed by atoms with Gasteiger partial charge in [0.25, 0.3) is 5.92 Å². The summed E-state index contributed by atoms with van der Waals surface area (Å²) in [6.07, 6.45) is 2.87. The molecule has 0 fully saturated rings. The number of rotatable bonds is 7. The number of nitrogens with zero attached hydrogens (tertiary/aromatic N) is 4. The molecule has 32 heavy (non-hydrogen) atoms. The predicted octanol–water partition coefficient (Wildman–Crippen LogP) is 4.12. The summed E-state index contributed by atoms with van der Waals surface area (Å²) in [5, 5.41) is 18.0. The average Bonchev–Trinajstić information content (AvgIpc) is 3.39. The molecule has 1 atom stereocenters. The highest BCUT2D eigenvalue weighted by molar-refractivity contribution is 7.18. The highest BCUT2D eigenvalue weighted by Gasteiger charge is 2.25. The third-order valence-corrected chi connectivity index (χ3v) is 5.83. The molecule has 0 bridgehead atoms. The Morgan fingerprint density at radius 2 is 2.00 bits per heavy atom. The fourth-order valence-electron chi connectivity index (χ4n) is 2.84. The number of aliphatic hydroxyl groups is 1. The topological polar surface area (TPSA) is 98.6 Å². The summed E-state index contributed by atoms with van der Waals surface area (Å²) >= 11 is 7.41. The Morgan fingerprint density at radius 1 is 1.25 bits per heavy atom. The van der Waals surface area contributed by atoms with E-state index in [0.29, 0.717) is 26.9 Å². The molecule has 4 aromatic rings. The molecular weight excluding hydrogens is 467 g/mol. The average molecular weight is 484 g/mol. The second kappa shape index (κ2) is 8.66. The van der Waals surface area contributed by atoms with Crippen LogP contribution < -0.4 is 10.5 Å². The molecule has 1 aromatic carbocycles. The van der Waals surface area contributed by atoms with Crippen molar-refractivity contribution in [2.24, 2.45) is 5.73 Å². The molecule has 0 amide bonds. The molecule has 0 aliphatic heterocycles. The standard InChI is InChI=1S/C20H17ClF3N5O2S/c1-20(23,24)10-2-3-17-26-15(7-29(17)6-10)19-28-27-18(32-19)12-4-14(22)16(5-13(12)21)31-9-11(25)8-30/h2-7,11,30H,8-9,25H2,1H3. The van der Waals surface area contributed by atoms with Gasteiger partial charge in [0, 0.05) is 36.5 Å². The zero-order valence-electron chi connectivity index (χ0n) is 16.6. The van der Waals surface area contributed by atoms with Gasteiger partial charge in [0.05, 0.1) is 17.7 Å². The molecule has 0 spiro atoms. The van der Waals surface area contributed by atoms with Gasteiger partial charge in [-0.05, 0) is 18.2 Å². The first kappa shape index (κ1) is 22.5. The highest BCUT2D eigenvalue weighted by Crippen LogP contribution is 2.37. The first-order valence-corrected chi connectivity index (χ1v) is 10.5. The minimum absolute atomic E-state index is 0.0778. The number of nitrogens with two attached hydrogens (primary N) is 1. The van der Waals surface area contributed by atoms with E-state index in [-0.39, 0.29) is 29.5 Å². The van der Waals surface area contributed by atoms with Gasteiger partial charge in [-0.2, -0.15) is 0 Å². The van der Waals surface area contributed by atoms with Crippen LogP contribution in [-0.2, 0) is 5.92 Å². The fourth-order valence-corrected chi connectivity index (χ4v) is 3.97. The number of hydrogen-bond acceptors (Lipinski definition) is 7. The van der Waals surface area contributed by atoms with Gasteiger partial charge < -0.3 is 20.0 Å². The van der Waals surface area contributed by atoms with Crippen LogP contribution in [0.15, 0.2) is 36.7 Å². The van der Waals surface area contributed by atoms with Gasteiger partial charge in [0.1, 0.15) is 23.0 Å². The number of fused-ring (bicyclic) bond motifs is 1. The SMILES string of the molecule is CC(F)(F)c1ccc2nc(-c3nnc(-c4cc(F)c(OCC(N)CO)cc4Cl)s3)cn2c1. The Morgan fingerprint density at radius 3 is 2.72 bits per heavy atom. The van der Waals surface area contributed by atoms with Crippen molar-refractivity contribution in [2.45, 2.75) is 18.9 Å². The predicted molar refractivity (Wildman–Crippen MR) is 115 cm³/mol.